The maximum atomic E-state index is 12.4. The fourth-order valence-electron chi connectivity index (χ4n) is 2.07. The SMILES string of the molecule is COc1ccccc1NC(=O)C1(C(=O)NC(C)C)CC1. The Labute approximate surface area is 118 Å². The van der Waals surface area contributed by atoms with Crippen molar-refractivity contribution in [2.24, 2.45) is 5.41 Å². The Morgan fingerprint density at radius 3 is 2.40 bits per heavy atom. The Hall–Kier alpha value is -2.04. The van der Waals surface area contributed by atoms with Crippen molar-refractivity contribution >= 4 is 17.5 Å². The van der Waals surface area contributed by atoms with Crippen molar-refractivity contribution in [3.8, 4) is 5.75 Å². The number of nitrogens with one attached hydrogen (secondary N) is 2. The van der Waals surface area contributed by atoms with Gasteiger partial charge in [0.2, 0.25) is 11.8 Å². The number of para-hydroxylation sites is 2. The van der Waals surface area contributed by atoms with Gasteiger partial charge in [0.15, 0.2) is 0 Å². The lowest BCUT2D eigenvalue weighted by Gasteiger charge is -2.18. The molecule has 1 aliphatic carbocycles. The van der Waals surface area contributed by atoms with Gasteiger partial charge in [0.25, 0.3) is 0 Å². The molecular weight excluding hydrogens is 256 g/mol. The molecule has 0 aliphatic heterocycles. The molecule has 2 N–H and O–H groups in total. The van der Waals surface area contributed by atoms with Gasteiger partial charge in [0.05, 0.1) is 12.8 Å². The highest BCUT2D eigenvalue weighted by Crippen LogP contribution is 2.47. The predicted molar refractivity (Wildman–Crippen MR) is 76.6 cm³/mol. The first-order valence-electron chi connectivity index (χ1n) is 6.75. The number of methoxy groups -OCH3 is 1. The molecule has 5 nitrogen and oxygen atoms in total. The van der Waals surface area contributed by atoms with Crippen molar-refractivity contribution in [3.05, 3.63) is 24.3 Å². The molecule has 1 aliphatic rings. The second-order valence-electron chi connectivity index (χ2n) is 5.36. The summed E-state index contributed by atoms with van der Waals surface area (Å²) < 4.78 is 5.19. The van der Waals surface area contributed by atoms with Crippen LogP contribution < -0.4 is 15.4 Å². The molecule has 2 rings (SSSR count). The summed E-state index contributed by atoms with van der Waals surface area (Å²) in [4.78, 5) is 24.5. The molecule has 2 amide bonds. The van der Waals surface area contributed by atoms with Crippen LogP contribution in [0.4, 0.5) is 5.69 Å². The molecule has 0 spiro atoms. The predicted octanol–water partition coefficient (Wildman–Crippen LogP) is 1.94. The van der Waals surface area contributed by atoms with E-state index in [2.05, 4.69) is 10.6 Å². The van der Waals surface area contributed by atoms with Crippen molar-refractivity contribution in [2.75, 3.05) is 12.4 Å². The number of rotatable bonds is 5. The number of amides is 2. The maximum Gasteiger partial charge on any atom is 0.240 e. The normalized spacial score (nSPS) is 15.6. The molecule has 0 atom stereocenters. The number of hydrogen-bond acceptors (Lipinski definition) is 3. The zero-order valence-corrected chi connectivity index (χ0v) is 12.0. The van der Waals surface area contributed by atoms with Gasteiger partial charge in [-0.2, -0.15) is 0 Å². The van der Waals surface area contributed by atoms with E-state index >= 15 is 0 Å². The summed E-state index contributed by atoms with van der Waals surface area (Å²) in [5.41, 5.74) is -0.325. The van der Waals surface area contributed by atoms with E-state index in [9.17, 15) is 9.59 Å². The van der Waals surface area contributed by atoms with Crippen LogP contribution in [0.15, 0.2) is 24.3 Å². The van der Waals surface area contributed by atoms with Gasteiger partial charge >= 0.3 is 0 Å². The van der Waals surface area contributed by atoms with E-state index in [-0.39, 0.29) is 17.9 Å². The summed E-state index contributed by atoms with van der Waals surface area (Å²) in [7, 11) is 1.54. The third-order valence-corrected chi connectivity index (χ3v) is 3.39. The molecule has 1 fully saturated rings. The molecular formula is C15H20N2O3. The first kappa shape index (κ1) is 14.4. The topological polar surface area (TPSA) is 67.4 Å². The van der Waals surface area contributed by atoms with Gasteiger partial charge in [-0.25, -0.2) is 0 Å². The second kappa shape index (κ2) is 5.53. The highest BCUT2D eigenvalue weighted by Gasteiger charge is 2.56. The molecule has 5 heteroatoms. The van der Waals surface area contributed by atoms with Crippen LogP contribution >= 0.6 is 0 Å². The minimum absolute atomic E-state index is 0.0269. The molecule has 1 saturated carbocycles. The fourth-order valence-corrected chi connectivity index (χ4v) is 2.07. The Morgan fingerprint density at radius 2 is 1.85 bits per heavy atom. The molecule has 1 aromatic rings. The van der Waals surface area contributed by atoms with Gasteiger partial charge in [-0.1, -0.05) is 12.1 Å². The van der Waals surface area contributed by atoms with E-state index in [0.717, 1.165) is 0 Å². The number of carbonyl (C=O) groups excluding carboxylic acids is 2. The van der Waals surface area contributed by atoms with E-state index in [0.29, 0.717) is 24.3 Å². The van der Waals surface area contributed by atoms with E-state index in [1.165, 1.54) is 0 Å². The van der Waals surface area contributed by atoms with Crippen LogP contribution in [0, 0.1) is 5.41 Å². The maximum absolute atomic E-state index is 12.4. The fraction of sp³-hybridized carbons (Fsp3) is 0.467. The van der Waals surface area contributed by atoms with Crippen molar-refractivity contribution in [1.82, 2.24) is 5.32 Å². The smallest absolute Gasteiger partial charge is 0.240 e. The number of ether oxygens (including phenoxy) is 1. The number of carbonyl (C=O) groups is 2. The number of hydrogen-bond donors (Lipinski definition) is 2. The summed E-state index contributed by atoms with van der Waals surface area (Å²) in [5.74, 6) is 0.126. The third kappa shape index (κ3) is 2.76. The van der Waals surface area contributed by atoms with Crippen LogP contribution in [0.3, 0.4) is 0 Å². The van der Waals surface area contributed by atoms with Gasteiger partial charge in [0.1, 0.15) is 11.2 Å². The largest absolute Gasteiger partial charge is 0.495 e. The van der Waals surface area contributed by atoms with Crippen LogP contribution in [0.2, 0.25) is 0 Å². The average Bonchev–Trinajstić information content (AvgIpc) is 3.20. The lowest BCUT2D eigenvalue weighted by atomic mass is 10.0. The average molecular weight is 276 g/mol. The first-order chi connectivity index (χ1) is 9.49. The molecule has 0 bridgehead atoms. The Balaban J connectivity index is 2.10. The minimum Gasteiger partial charge on any atom is -0.495 e. The summed E-state index contributed by atoms with van der Waals surface area (Å²) in [6, 6.07) is 7.19. The Kier molecular flexibility index (Phi) is 3.97. The van der Waals surface area contributed by atoms with Gasteiger partial charge < -0.3 is 15.4 Å². The molecule has 108 valence electrons. The van der Waals surface area contributed by atoms with Crippen molar-refractivity contribution in [3.63, 3.8) is 0 Å². The van der Waals surface area contributed by atoms with Crippen molar-refractivity contribution < 1.29 is 14.3 Å². The molecule has 0 aromatic heterocycles. The van der Waals surface area contributed by atoms with E-state index in [1.54, 1.807) is 19.2 Å². The standard InChI is InChI=1S/C15H20N2O3/c1-10(2)16-13(18)15(8-9-15)14(19)17-11-6-4-5-7-12(11)20-3/h4-7,10H,8-9H2,1-3H3,(H,16,18)(H,17,19). The highest BCUT2D eigenvalue weighted by atomic mass is 16.5. The van der Waals surface area contributed by atoms with Crippen LogP contribution in [0.25, 0.3) is 0 Å². The Morgan fingerprint density at radius 1 is 1.20 bits per heavy atom. The minimum atomic E-state index is -0.912. The molecule has 0 heterocycles. The zero-order chi connectivity index (χ0) is 14.8. The van der Waals surface area contributed by atoms with Crippen molar-refractivity contribution in [2.45, 2.75) is 32.7 Å². The van der Waals surface area contributed by atoms with Crippen LogP contribution in [0.1, 0.15) is 26.7 Å². The lowest BCUT2D eigenvalue weighted by Crippen LogP contribution is -2.42. The van der Waals surface area contributed by atoms with Crippen LogP contribution in [-0.4, -0.2) is 25.0 Å². The quantitative estimate of drug-likeness (QED) is 0.808. The van der Waals surface area contributed by atoms with Gasteiger partial charge in [-0.15, -0.1) is 0 Å². The molecule has 20 heavy (non-hydrogen) atoms. The van der Waals surface area contributed by atoms with E-state index < -0.39 is 5.41 Å². The highest BCUT2D eigenvalue weighted by molar-refractivity contribution is 6.13. The molecule has 0 unspecified atom stereocenters. The zero-order valence-electron chi connectivity index (χ0n) is 12.0. The Bertz CT molecular complexity index is 522. The summed E-state index contributed by atoms with van der Waals surface area (Å²) in [5, 5.41) is 5.60. The summed E-state index contributed by atoms with van der Waals surface area (Å²) in [6.45, 7) is 3.76. The van der Waals surface area contributed by atoms with E-state index in [1.807, 2.05) is 26.0 Å². The monoisotopic (exact) mass is 276 g/mol. The van der Waals surface area contributed by atoms with Gasteiger partial charge in [-0.3, -0.25) is 9.59 Å². The second-order valence-corrected chi connectivity index (χ2v) is 5.36. The number of anilines is 1. The molecule has 0 saturated heterocycles. The summed E-state index contributed by atoms with van der Waals surface area (Å²) in [6.07, 6.45) is 1.18. The number of benzene rings is 1. The van der Waals surface area contributed by atoms with Crippen LogP contribution in [0.5, 0.6) is 5.75 Å². The lowest BCUT2D eigenvalue weighted by molar-refractivity contribution is -0.134. The first-order valence-corrected chi connectivity index (χ1v) is 6.75. The van der Waals surface area contributed by atoms with E-state index in [4.69, 9.17) is 4.74 Å². The molecule has 0 radical (unpaired) electrons. The van der Waals surface area contributed by atoms with Crippen molar-refractivity contribution in [1.29, 1.82) is 0 Å². The molecule has 1 aromatic carbocycles. The van der Waals surface area contributed by atoms with Gasteiger partial charge in [-0.05, 0) is 38.8 Å². The van der Waals surface area contributed by atoms with Gasteiger partial charge in [0, 0.05) is 6.04 Å². The van der Waals surface area contributed by atoms with Crippen LogP contribution in [-0.2, 0) is 9.59 Å². The third-order valence-electron chi connectivity index (χ3n) is 3.39. The summed E-state index contributed by atoms with van der Waals surface area (Å²) >= 11 is 0.